The number of hydrogen-bond donors (Lipinski definition) is 2. The van der Waals surface area contributed by atoms with Crippen molar-refractivity contribution in [2.75, 3.05) is 33.7 Å². The Morgan fingerprint density at radius 1 is 1.67 bits per heavy atom. The lowest BCUT2D eigenvalue weighted by molar-refractivity contribution is 0.176. The Kier molecular flexibility index (Phi) is 2.45. The number of nitrogens with one attached hydrogen (secondary N) is 2. The third kappa shape index (κ3) is 1.64. The molecular formula is C6H15N3. The highest BCUT2D eigenvalue weighted by Crippen LogP contribution is 1.93. The molecule has 1 rings (SSSR count). The lowest BCUT2D eigenvalue weighted by atomic mass is 10.3. The molecule has 0 aromatic heterocycles. The summed E-state index contributed by atoms with van der Waals surface area (Å²) in [4.78, 5) is 2.32. The first-order valence-corrected chi connectivity index (χ1v) is 3.43. The van der Waals surface area contributed by atoms with Crippen LogP contribution < -0.4 is 10.6 Å². The monoisotopic (exact) mass is 129 g/mol. The minimum absolute atomic E-state index is 0.527. The quantitative estimate of drug-likeness (QED) is 0.479. The molecular weight excluding hydrogens is 114 g/mol. The summed E-state index contributed by atoms with van der Waals surface area (Å²) < 4.78 is 0. The van der Waals surface area contributed by atoms with Gasteiger partial charge in [0.05, 0.1) is 6.17 Å². The van der Waals surface area contributed by atoms with Crippen molar-refractivity contribution in [2.45, 2.75) is 6.17 Å². The summed E-state index contributed by atoms with van der Waals surface area (Å²) in [6, 6.07) is 0. The normalized spacial score (nSPS) is 30.7. The SMILES string of the molecule is CNC1CNCCN1C. The largest absolute Gasteiger partial charge is 0.313 e. The molecule has 0 bridgehead atoms. The van der Waals surface area contributed by atoms with Crippen LogP contribution in [0.2, 0.25) is 0 Å². The second-order valence-corrected chi connectivity index (χ2v) is 2.49. The molecule has 1 aliphatic heterocycles. The third-order valence-corrected chi connectivity index (χ3v) is 1.84. The maximum atomic E-state index is 3.31. The van der Waals surface area contributed by atoms with Crippen LogP contribution in [0.4, 0.5) is 0 Å². The van der Waals surface area contributed by atoms with Gasteiger partial charge >= 0.3 is 0 Å². The highest BCUT2D eigenvalue weighted by Gasteiger charge is 2.14. The summed E-state index contributed by atoms with van der Waals surface area (Å²) in [5.74, 6) is 0. The Bertz CT molecular complexity index is 84.4. The third-order valence-electron chi connectivity index (χ3n) is 1.84. The second-order valence-electron chi connectivity index (χ2n) is 2.49. The van der Waals surface area contributed by atoms with E-state index in [1.165, 1.54) is 0 Å². The Morgan fingerprint density at radius 3 is 2.89 bits per heavy atom. The van der Waals surface area contributed by atoms with E-state index in [4.69, 9.17) is 0 Å². The van der Waals surface area contributed by atoms with Crippen LogP contribution in [-0.2, 0) is 0 Å². The molecule has 9 heavy (non-hydrogen) atoms. The van der Waals surface area contributed by atoms with Crippen LogP contribution in [0.5, 0.6) is 0 Å². The van der Waals surface area contributed by atoms with Crippen molar-refractivity contribution in [3.63, 3.8) is 0 Å². The molecule has 0 amide bonds. The second kappa shape index (κ2) is 3.15. The zero-order valence-electron chi connectivity index (χ0n) is 6.15. The molecule has 1 atom stereocenters. The smallest absolute Gasteiger partial charge is 0.0721 e. The zero-order chi connectivity index (χ0) is 6.69. The number of nitrogens with zero attached hydrogens (tertiary/aromatic N) is 1. The number of likely N-dealkylation sites (N-methyl/N-ethyl adjacent to an activating group) is 2. The van der Waals surface area contributed by atoms with Crippen molar-refractivity contribution < 1.29 is 0 Å². The van der Waals surface area contributed by atoms with Gasteiger partial charge < -0.3 is 10.6 Å². The number of hydrogen-bond acceptors (Lipinski definition) is 3. The van der Waals surface area contributed by atoms with Gasteiger partial charge in [-0.05, 0) is 14.1 Å². The molecule has 0 spiro atoms. The molecule has 1 heterocycles. The average molecular weight is 129 g/mol. The van der Waals surface area contributed by atoms with Crippen LogP contribution in [-0.4, -0.2) is 44.8 Å². The van der Waals surface area contributed by atoms with Crippen LogP contribution >= 0.6 is 0 Å². The van der Waals surface area contributed by atoms with Gasteiger partial charge in [-0.1, -0.05) is 0 Å². The molecule has 0 aromatic rings. The molecule has 3 heteroatoms. The molecule has 0 aromatic carbocycles. The van der Waals surface area contributed by atoms with Crippen molar-refractivity contribution in [3.8, 4) is 0 Å². The van der Waals surface area contributed by atoms with E-state index in [9.17, 15) is 0 Å². The standard InChI is InChI=1S/C6H15N3/c1-7-6-5-8-3-4-9(6)2/h6-8H,3-5H2,1-2H3. The van der Waals surface area contributed by atoms with Crippen molar-refractivity contribution >= 4 is 0 Å². The van der Waals surface area contributed by atoms with E-state index in [1.807, 2.05) is 7.05 Å². The first-order valence-electron chi connectivity index (χ1n) is 3.43. The van der Waals surface area contributed by atoms with Gasteiger partial charge in [0, 0.05) is 19.6 Å². The molecule has 3 nitrogen and oxygen atoms in total. The van der Waals surface area contributed by atoms with Gasteiger partial charge in [-0.15, -0.1) is 0 Å². The summed E-state index contributed by atoms with van der Waals surface area (Å²) in [6.07, 6.45) is 0.527. The fraction of sp³-hybridized carbons (Fsp3) is 1.00. The summed E-state index contributed by atoms with van der Waals surface area (Å²) in [5.41, 5.74) is 0. The van der Waals surface area contributed by atoms with E-state index in [0.717, 1.165) is 19.6 Å². The van der Waals surface area contributed by atoms with E-state index in [2.05, 4.69) is 22.6 Å². The molecule has 1 saturated heterocycles. The topological polar surface area (TPSA) is 27.3 Å². The van der Waals surface area contributed by atoms with Crippen molar-refractivity contribution in [1.82, 2.24) is 15.5 Å². The minimum atomic E-state index is 0.527. The van der Waals surface area contributed by atoms with Gasteiger partial charge in [0.25, 0.3) is 0 Å². The zero-order valence-corrected chi connectivity index (χ0v) is 6.15. The Labute approximate surface area is 56.4 Å². The average Bonchev–Trinajstić information content (AvgIpc) is 1.89. The van der Waals surface area contributed by atoms with Crippen LogP contribution in [0.1, 0.15) is 0 Å². The van der Waals surface area contributed by atoms with Crippen molar-refractivity contribution in [3.05, 3.63) is 0 Å². The fourth-order valence-corrected chi connectivity index (χ4v) is 1.13. The van der Waals surface area contributed by atoms with Crippen LogP contribution in [0.15, 0.2) is 0 Å². The molecule has 0 saturated carbocycles. The lowest BCUT2D eigenvalue weighted by Crippen LogP contribution is -2.55. The first kappa shape index (κ1) is 6.99. The minimum Gasteiger partial charge on any atom is -0.313 e. The maximum Gasteiger partial charge on any atom is 0.0721 e. The molecule has 1 unspecified atom stereocenters. The van der Waals surface area contributed by atoms with Gasteiger partial charge in [0.15, 0.2) is 0 Å². The summed E-state index contributed by atoms with van der Waals surface area (Å²) in [6.45, 7) is 3.33. The van der Waals surface area contributed by atoms with Gasteiger partial charge in [0.1, 0.15) is 0 Å². The van der Waals surface area contributed by atoms with Crippen LogP contribution in [0.25, 0.3) is 0 Å². The van der Waals surface area contributed by atoms with Gasteiger partial charge in [0.2, 0.25) is 0 Å². The highest BCUT2D eigenvalue weighted by molar-refractivity contribution is 4.73. The highest BCUT2D eigenvalue weighted by atomic mass is 15.3. The summed E-state index contributed by atoms with van der Waals surface area (Å²) >= 11 is 0. The van der Waals surface area contributed by atoms with Crippen LogP contribution in [0.3, 0.4) is 0 Å². The number of piperazine rings is 1. The van der Waals surface area contributed by atoms with E-state index < -0.39 is 0 Å². The summed E-state index contributed by atoms with van der Waals surface area (Å²) in [7, 11) is 4.14. The number of rotatable bonds is 1. The molecule has 1 aliphatic rings. The Morgan fingerprint density at radius 2 is 2.44 bits per heavy atom. The Hall–Kier alpha value is -0.120. The van der Waals surface area contributed by atoms with Crippen molar-refractivity contribution in [2.24, 2.45) is 0 Å². The first-order chi connectivity index (χ1) is 4.34. The molecule has 1 fully saturated rings. The maximum absolute atomic E-state index is 3.31. The van der Waals surface area contributed by atoms with E-state index in [-0.39, 0.29) is 0 Å². The predicted molar refractivity (Wildman–Crippen MR) is 38.3 cm³/mol. The van der Waals surface area contributed by atoms with Crippen LogP contribution in [0, 0.1) is 0 Å². The lowest BCUT2D eigenvalue weighted by Gasteiger charge is -2.32. The fourth-order valence-electron chi connectivity index (χ4n) is 1.13. The molecule has 0 radical (unpaired) electrons. The van der Waals surface area contributed by atoms with E-state index in [0.29, 0.717) is 6.17 Å². The van der Waals surface area contributed by atoms with E-state index in [1.54, 1.807) is 0 Å². The van der Waals surface area contributed by atoms with Gasteiger partial charge in [-0.25, -0.2) is 0 Å². The van der Waals surface area contributed by atoms with Gasteiger partial charge in [-0.2, -0.15) is 0 Å². The molecule has 54 valence electrons. The molecule has 2 N–H and O–H groups in total. The van der Waals surface area contributed by atoms with Crippen molar-refractivity contribution in [1.29, 1.82) is 0 Å². The molecule has 0 aliphatic carbocycles. The summed E-state index contributed by atoms with van der Waals surface area (Å²) in [5, 5.41) is 6.53. The van der Waals surface area contributed by atoms with Gasteiger partial charge in [-0.3, -0.25) is 4.90 Å². The van der Waals surface area contributed by atoms with E-state index >= 15 is 0 Å². The predicted octanol–water partition coefficient (Wildman–Crippen LogP) is -0.933. The Balaban J connectivity index is 2.30.